The van der Waals surface area contributed by atoms with Crippen molar-refractivity contribution in [3.8, 4) is 0 Å². The summed E-state index contributed by atoms with van der Waals surface area (Å²) in [7, 11) is -4.94. The summed E-state index contributed by atoms with van der Waals surface area (Å²) in [6.45, 7) is 0. The van der Waals surface area contributed by atoms with E-state index in [1.165, 1.54) is 0 Å². The summed E-state index contributed by atoms with van der Waals surface area (Å²) in [6.07, 6.45) is -1.83. The molecule has 0 aromatic heterocycles. The molecule has 0 fully saturated rings. The van der Waals surface area contributed by atoms with E-state index in [1.54, 1.807) is 0 Å². The molecule has 10 heavy (non-hydrogen) atoms. The van der Waals surface area contributed by atoms with Crippen LogP contribution in [-0.2, 0) is 0 Å². The summed E-state index contributed by atoms with van der Waals surface area (Å²) in [5, 5.41) is 13.9. The van der Waals surface area contributed by atoms with Crippen molar-refractivity contribution in [3.63, 3.8) is 0 Å². The van der Waals surface area contributed by atoms with Gasteiger partial charge >= 0.3 is 35.7 Å². The van der Waals surface area contributed by atoms with E-state index < -0.39 is 16.4 Å². The Kier molecular flexibility index (Phi) is 12.6. The van der Waals surface area contributed by atoms with Crippen LogP contribution < -0.4 is 48.2 Å². The van der Waals surface area contributed by atoms with Crippen molar-refractivity contribution in [2.24, 2.45) is 0 Å². The van der Waals surface area contributed by atoms with Crippen molar-refractivity contribution in [1.29, 1.82) is 0 Å². The van der Waals surface area contributed by atoms with Gasteiger partial charge in [0.1, 0.15) is 0 Å². The minimum Gasteiger partial charge on any atom is -0.450 e. The first-order valence-corrected chi connectivity index (χ1v) is 2.50. The Hall–Kier alpha value is 0.400. The normalized spacial score (nSPS) is 8.40. The Balaban J connectivity index is -0.0000000910. The molecule has 0 aliphatic heterocycles. The van der Waals surface area contributed by atoms with Gasteiger partial charge < -0.3 is 10.2 Å². The Bertz CT molecular complexity index is 76.1. The summed E-state index contributed by atoms with van der Waals surface area (Å²) in [4.78, 5) is 8.56. The average molecular weight is 184 g/mol. The van der Waals surface area contributed by atoms with Gasteiger partial charge in [-0.3, -0.25) is 0 Å². The molecule has 9 heteroatoms. The second-order valence-electron chi connectivity index (χ2n) is 0.661. The molecule has 0 radical (unpaired) electrons. The second kappa shape index (κ2) is 7.51. The molecular formula is CH2ClNaO7. The molecule has 0 rings (SSSR count). The number of halogens is 1. The topological polar surface area (TPSA) is 150 Å². The maximum Gasteiger partial charge on any atom is 1.00 e. The van der Waals surface area contributed by atoms with Gasteiger partial charge in [0.15, 0.2) is 0 Å². The Labute approximate surface area is 79.5 Å². The van der Waals surface area contributed by atoms with Gasteiger partial charge in [-0.25, -0.2) is 23.4 Å². The Morgan fingerprint density at radius 3 is 1.10 bits per heavy atom. The van der Waals surface area contributed by atoms with Crippen LogP contribution in [0.2, 0.25) is 0 Å². The van der Waals surface area contributed by atoms with E-state index in [-0.39, 0.29) is 29.6 Å². The fraction of sp³-hybridized carbons (Fsp3) is 0. The fourth-order valence-corrected chi connectivity index (χ4v) is 0. The molecule has 0 aromatic carbocycles. The van der Waals surface area contributed by atoms with E-state index in [0.717, 1.165) is 0 Å². The molecule has 0 amide bonds. The summed E-state index contributed by atoms with van der Waals surface area (Å²) in [5.74, 6) is 0. The molecule has 0 saturated carbocycles. The third-order valence-corrected chi connectivity index (χ3v) is 0. The Morgan fingerprint density at radius 1 is 1.10 bits per heavy atom. The van der Waals surface area contributed by atoms with E-state index in [0.29, 0.717) is 0 Å². The van der Waals surface area contributed by atoms with Gasteiger partial charge in [-0.15, -0.1) is 10.2 Å². The molecule has 0 bridgehead atoms. The van der Waals surface area contributed by atoms with Crippen LogP contribution in [0, 0.1) is 10.2 Å². The van der Waals surface area contributed by atoms with E-state index in [4.69, 9.17) is 33.6 Å². The third kappa shape index (κ3) is 2870. The van der Waals surface area contributed by atoms with Crippen molar-refractivity contribution in [2.45, 2.75) is 0 Å². The van der Waals surface area contributed by atoms with Gasteiger partial charge in [-0.1, -0.05) is 0 Å². The monoisotopic (exact) mass is 184 g/mol. The van der Waals surface area contributed by atoms with Gasteiger partial charge in [0.2, 0.25) is 0 Å². The van der Waals surface area contributed by atoms with Gasteiger partial charge in [0, 0.05) is 0 Å². The van der Waals surface area contributed by atoms with Crippen LogP contribution in [0.3, 0.4) is 0 Å². The van der Waals surface area contributed by atoms with E-state index >= 15 is 0 Å². The predicted octanol–water partition coefficient (Wildman–Crippen LogP) is -7.53. The van der Waals surface area contributed by atoms with Crippen LogP contribution in [0.4, 0.5) is 4.79 Å². The Morgan fingerprint density at radius 2 is 1.10 bits per heavy atom. The third-order valence-electron chi connectivity index (χ3n) is 0. The van der Waals surface area contributed by atoms with Gasteiger partial charge in [-0.05, 0) is 0 Å². The second-order valence-corrected chi connectivity index (χ2v) is 1.42. The van der Waals surface area contributed by atoms with Crippen LogP contribution >= 0.6 is 0 Å². The fourth-order valence-electron chi connectivity index (χ4n) is 0. The predicted molar refractivity (Wildman–Crippen MR) is 10.7 cm³/mol. The van der Waals surface area contributed by atoms with Gasteiger partial charge in [0.25, 0.3) is 0 Å². The average Bonchev–Trinajstić information content (AvgIpc) is 1.19. The number of hydrogen-bond acceptors (Lipinski definition) is 5. The molecule has 7 nitrogen and oxygen atoms in total. The van der Waals surface area contributed by atoms with Crippen LogP contribution in [0.25, 0.3) is 0 Å². The summed E-state index contributed by atoms with van der Waals surface area (Å²) in [6, 6.07) is 0. The minimum atomic E-state index is -4.94. The summed E-state index contributed by atoms with van der Waals surface area (Å²) >= 11 is 0. The largest absolute Gasteiger partial charge is 1.00 e. The molecule has 56 valence electrons. The summed E-state index contributed by atoms with van der Waals surface area (Å²) < 4.78 is 34.0. The van der Waals surface area contributed by atoms with Crippen molar-refractivity contribution < 1.29 is 73.4 Å². The standard InChI is InChI=1S/CH2O3.ClHO4.Na/c2-1(3)4;2-1(3,4)5;/h(H2,2,3,4);(H,2,3,4,5);/q;;+1/p-1. The zero-order valence-electron chi connectivity index (χ0n) is 4.81. The molecule has 0 unspecified atom stereocenters. The molecule has 0 atom stereocenters. The smallest absolute Gasteiger partial charge is 0.450 e. The molecule has 0 saturated heterocycles. The van der Waals surface area contributed by atoms with Gasteiger partial charge in [0.05, 0.1) is 0 Å². The maximum absolute atomic E-state index is 8.56. The number of carbonyl (C=O) groups is 1. The SMILES string of the molecule is O=C(O)O.[Na+].[O-][Cl+3]([O-])([O-])[O-]. The molecule has 0 aliphatic rings. The number of hydrogen-bond donors (Lipinski definition) is 2. The quantitative estimate of drug-likeness (QED) is 0.355. The maximum atomic E-state index is 8.56. The van der Waals surface area contributed by atoms with Crippen LogP contribution in [0.1, 0.15) is 0 Å². The molecule has 0 aromatic rings. The van der Waals surface area contributed by atoms with Gasteiger partial charge in [-0.2, -0.15) is 0 Å². The van der Waals surface area contributed by atoms with Crippen molar-refractivity contribution in [3.05, 3.63) is 0 Å². The minimum absolute atomic E-state index is 0. The van der Waals surface area contributed by atoms with E-state index in [2.05, 4.69) is 0 Å². The molecule has 0 aliphatic carbocycles. The van der Waals surface area contributed by atoms with Crippen LogP contribution in [0.5, 0.6) is 0 Å². The van der Waals surface area contributed by atoms with Crippen molar-refractivity contribution in [1.82, 2.24) is 0 Å². The zero-order chi connectivity index (χ0) is 8.08. The van der Waals surface area contributed by atoms with Crippen LogP contribution in [0.15, 0.2) is 0 Å². The zero-order valence-corrected chi connectivity index (χ0v) is 7.57. The summed E-state index contributed by atoms with van der Waals surface area (Å²) in [5.41, 5.74) is 0. The molecule has 0 spiro atoms. The first-order chi connectivity index (χ1) is 3.73. The van der Waals surface area contributed by atoms with Crippen molar-refractivity contribution >= 4 is 6.16 Å². The molecule has 0 heterocycles. The van der Waals surface area contributed by atoms with Crippen molar-refractivity contribution in [2.75, 3.05) is 0 Å². The van der Waals surface area contributed by atoms with E-state index in [1.807, 2.05) is 0 Å². The molecular weight excluding hydrogens is 182 g/mol. The number of rotatable bonds is 0. The van der Waals surface area contributed by atoms with E-state index in [9.17, 15) is 0 Å². The number of carboxylic acid groups (broad SMARTS) is 2. The van der Waals surface area contributed by atoms with Crippen LogP contribution in [-0.4, -0.2) is 16.4 Å². The first-order valence-electron chi connectivity index (χ1n) is 1.27. The first kappa shape index (κ1) is 16.8. The molecule has 2 N–H and O–H groups in total.